The molecule has 26 heavy (non-hydrogen) atoms. The minimum Gasteiger partial charge on any atom is -0.497 e. The van der Waals surface area contributed by atoms with E-state index in [9.17, 15) is 18.5 Å². The third kappa shape index (κ3) is 4.02. The van der Waals surface area contributed by atoms with Gasteiger partial charge in [-0.15, -0.1) is 0 Å². The van der Waals surface area contributed by atoms with E-state index in [2.05, 4.69) is 10.1 Å². The standard InChI is InChI=1S/C18H16N2O5S/c1-24-13-7-9-14(10-8-13)26(22,23)15(11-19)12-20-17-6-4-3-5-16(17)18(21)25-2/h3-10,12,20H,1-2H3/b15-12+. The molecule has 0 aliphatic carbocycles. The van der Waals surface area contributed by atoms with E-state index in [4.69, 9.17) is 4.74 Å². The number of ether oxygens (including phenoxy) is 2. The van der Waals surface area contributed by atoms with Crippen LogP contribution in [0.1, 0.15) is 10.4 Å². The van der Waals surface area contributed by atoms with Crippen LogP contribution in [-0.2, 0) is 14.6 Å². The maximum absolute atomic E-state index is 12.6. The monoisotopic (exact) mass is 372 g/mol. The fourth-order valence-corrected chi connectivity index (χ4v) is 3.17. The molecule has 7 nitrogen and oxygen atoms in total. The van der Waals surface area contributed by atoms with Crippen molar-refractivity contribution in [1.82, 2.24) is 0 Å². The van der Waals surface area contributed by atoms with Crippen molar-refractivity contribution in [2.75, 3.05) is 19.5 Å². The minimum absolute atomic E-state index is 0.0471. The first kappa shape index (κ1) is 19.0. The largest absolute Gasteiger partial charge is 0.497 e. The number of nitriles is 1. The van der Waals surface area contributed by atoms with Crippen LogP contribution in [0.4, 0.5) is 5.69 Å². The second kappa shape index (κ2) is 8.18. The average molecular weight is 372 g/mol. The second-order valence-electron chi connectivity index (χ2n) is 4.98. The van der Waals surface area contributed by atoms with Crippen LogP contribution in [0.5, 0.6) is 5.75 Å². The number of hydrogen-bond acceptors (Lipinski definition) is 7. The number of anilines is 1. The lowest BCUT2D eigenvalue weighted by Crippen LogP contribution is -2.08. The van der Waals surface area contributed by atoms with Gasteiger partial charge in [0.15, 0.2) is 4.91 Å². The van der Waals surface area contributed by atoms with E-state index >= 15 is 0 Å². The summed E-state index contributed by atoms with van der Waals surface area (Å²) in [5, 5.41) is 12.0. The lowest BCUT2D eigenvalue weighted by atomic mass is 10.2. The van der Waals surface area contributed by atoms with Crippen LogP contribution in [0.2, 0.25) is 0 Å². The Morgan fingerprint density at radius 3 is 2.35 bits per heavy atom. The van der Waals surface area contributed by atoms with Crippen molar-refractivity contribution in [2.24, 2.45) is 0 Å². The fourth-order valence-electron chi connectivity index (χ4n) is 2.09. The molecular weight excluding hydrogens is 356 g/mol. The van der Waals surface area contributed by atoms with Crippen LogP contribution in [0.25, 0.3) is 0 Å². The van der Waals surface area contributed by atoms with Gasteiger partial charge in [0.25, 0.3) is 0 Å². The highest BCUT2D eigenvalue weighted by molar-refractivity contribution is 7.95. The Kier molecular flexibility index (Phi) is 5.98. The predicted octanol–water partition coefficient (Wildman–Crippen LogP) is 2.73. The number of rotatable bonds is 6. The van der Waals surface area contributed by atoms with E-state index < -0.39 is 20.7 Å². The van der Waals surface area contributed by atoms with Crippen LogP contribution in [0, 0.1) is 11.3 Å². The molecule has 2 aromatic carbocycles. The Morgan fingerprint density at radius 1 is 1.12 bits per heavy atom. The summed E-state index contributed by atoms with van der Waals surface area (Å²) < 4.78 is 34.9. The summed E-state index contributed by atoms with van der Waals surface area (Å²) in [7, 11) is -1.31. The Bertz CT molecular complexity index is 973. The van der Waals surface area contributed by atoms with Gasteiger partial charge in [0.2, 0.25) is 9.84 Å². The normalized spacial score (nSPS) is 11.3. The van der Waals surface area contributed by atoms with Gasteiger partial charge in [-0.25, -0.2) is 13.2 Å². The van der Waals surface area contributed by atoms with E-state index in [0.29, 0.717) is 11.4 Å². The highest BCUT2D eigenvalue weighted by atomic mass is 32.2. The molecule has 2 rings (SSSR count). The smallest absolute Gasteiger partial charge is 0.339 e. The lowest BCUT2D eigenvalue weighted by molar-refractivity contribution is 0.0602. The molecule has 8 heteroatoms. The van der Waals surface area contributed by atoms with Crippen LogP contribution in [-0.4, -0.2) is 28.6 Å². The molecule has 0 saturated heterocycles. The van der Waals surface area contributed by atoms with Gasteiger partial charge in [0.05, 0.1) is 30.4 Å². The first-order valence-corrected chi connectivity index (χ1v) is 8.85. The van der Waals surface area contributed by atoms with Crippen molar-refractivity contribution >= 4 is 21.5 Å². The average Bonchev–Trinajstić information content (AvgIpc) is 2.68. The zero-order valence-corrected chi connectivity index (χ0v) is 14.9. The number of allylic oxidation sites excluding steroid dienone is 1. The third-order valence-electron chi connectivity index (χ3n) is 3.46. The molecule has 0 spiro atoms. The zero-order chi connectivity index (χ0) is 19.2. The molecular formula is C18H16N2O5S. The molecule has 0 fully saturated rings. The minimum atomic E-state index is -4.02. The van der Waals surface area contributed by atoms with Gasteiger partial charge in [-0.2, -0.15) is 5.26 Å². The number of sulfone groups is 1. The van der Waals surface area contributed by atoms with Crippen molar-refractivity contribution in [3.05, 3.63) is 65.2 Å². The number of para-hydroxylation sites is 1. The number of nitrogens with one attached hydrogen (secondary N) is 1. The summed E-state index contributed by atoms with van der Waals surface area (Å²) in [5.41, 5.74) is 0.530. The van der Waals surface area contributed by atoms with Gasteiger partial charge >= 0.3 is 5.97 Å². The highest BCUT2D eigenvalue weighted by Crippen LogP contribution is 2.23. The van der Waals surface area contributed by atoms with Crippen LogP contribution in [0.15, 0.2) is 64.5 Å². The molecule has 0 aliphatic heterocycles. The zero-order valence-electron chi connectivity index (χ0n) is 14.1. The molecule has 0 bridgehead atoms. The topological polar surface area (TPSA) is 105 Å². The number of esters is 1. The van der Waals surface area contributed by atoms with E-state index in [1.807, 2.05) is 0 Å². The molecule has 0 unspecified atom stereocenters. The molecule has 0 heterocycles. The summed E-state index contributed by atoms with van der Waals surface area (Å²) in [6.07, 6.45) is 1.04. The quantitative estimate of drug-likeness (QED) is 0.614. The summed E-state index contributed by atoms with van der Waals surface area (Å²) in [5.74, 6) is -0.0883. The Labute approximate surface area is 151 Å². The fraction of sp³-hybridized carbons (Fsp3) is 0.111. The SMILES string of the molecule is COC(=O)c1ccccc1N/C=C(\C#N)S(=O)(=O)c1ccc(OC)cc1. The third-order valence-corrected chi connectivity index (χ3v) is 5.14. The molecule has 0 radical (unpaired) electrons. The highest BCUT2D eigenvalue weighted by Gasteiger charge is 2.21. The van der Waals surface area contributed by atoms with Gasteiger partial charge in [0.1, 0.15) is 11.8 Å². The first-order chi connectivity index (χ1) is 12.4. The van der Waals surface area contributed by atoms with Gasteiger partial charge in [-0.05, 0) is 36.4 Å². The number of methoxy groups -OCH3 is 2. The van der Waals surface area contributed by atoms with Crippen molar-refractivity contribution in [1.29, 1.82) is 5.26 Å². The first-order valence-electron chi connectivity index (χ1n) is 7.37. The van der Waals surface area contributed by atoms with E-state index in [1.54, 1.807) is 24.3 Å². The molecule has 0 saturated carbocycles. The predicted molar refractivity (Wildman–Crippen MR) is 95.3 cm³/mol. The summed E-state index contributed by atoms with van der Waals surface area (Å²) >= 11 is 0. The van der Waals surface area contributed by atoms with Gasteiger partial charge in [0, 0.05) is 6.20 Å². The van der Waals surface area contributed by atoms with Gasteiger partial charge in [-0.1, -0.05) is 12.1 Å². The van der Waals surface area contributed by atoms with Crippen LogP contribution < -0.4 is 10.1 Å². The summed E-state index contributed by atoms with van der Waals surface area (Å²) in [4.78, 5) is 11.2. The van der Waals surface area contributed by atoms with Crippen LogP contribution >= 0.6 is 0 Å². The second-order valence-corrected chi connectivity index (χ2v) is 6.90. The number of carbonyl (C=O) groups excluding carboxylic acids is 1. The van der Waals surface area contributed by atoms with Crippen molar-refractivity contribution < 1.29 is 22.7 Å². The Morgan fingerprint density at radius 2 is 1.77 bits per heavy atom. The number of benzene rings is 2. The molecule has 0 aliphatic rings. The Hall–Kier alpha value is -3.31. The molecule has 0 atom stereocenters. The summed E-state index contributed by atoms with van der Waals surface area (Å²) in [6, 6.07) is 13.7. The maximum atomic E-state index is 12.6. The van der Waals surface area contributed by atoms with E-state index in [0.717, 1.165) is 6.20 Å². The maximum Gasteiger partial charge on any atom is 0.339 e. The van der Waals surface area contributed by atoms with Crippen molar-refractivity contribution in [3.8, 4) is 11.8 Å². The van der Waals surface area contributed by atoms with Crippen molar-refractivity contribution in [3.63, 3.8) is 0 Å². The molecule has 1 N–H and O–H groups in total. The lowest BCUT2D eigenvalue weighted by Gasteiger charge is -2.08. The molecule has 0 amide bonds. The van der Waals surface area contributed by atoms with Crippen molar-refractivity contribution in [2.45, 2.75) is 4.90 Å². The van der Waals surface area contributed by atoms with E-state index in [1.165, 1.54) is 44.6 Å². The number of carbonyl (C=O) groups is 1. The summed E-state index contributed by atoms with van der Waals surface area (Å²) in [6.45, 7) is 0. The number of hydrogen-bond donors (Lipinski definition) is 1. The molecule has 134 valence electrons. The molecule has 2 aromatic rings. The van der Waals surface area contributed by atoms with Gasteiger partial charge in [-0.3, -0.25) is 0 Å². The van der Waals surface area contributed by atoms with E-state index in [-0.39, 0.29) is 10.5 Å². The number of nitrogens with zero attached hydrogens (tertiary/aromatic N) is 1. The van der Waals surface area contributed by atoms with Crippen LogP contribution in [0.3, 0.4) is 0 Å². The Balaban J connectivity index is 2.36. The van der Waals surface area contributed by atoms with Gasteiger partial charge < -0.3 is 14.8 Å². The molecule has 0 aromatic heterocycles.